The van der Waals surface area contributed by atoms with Crippen molar-refractivity contribution in [3.05, 3.63) is 94.5 Å². The number of rotatable bonds is 6. The standard InChI is InChI=1S/C24H23ClFN5O/c1-15(2)23-20(14-29-31(23)19-7-5-18(25)6-8-19)24(32)28-13-17-4-9-22(21(26)12-17)30-11-10-27-16(30)3/h4-12,14-15H,13H2,1-3H3,(H,28,32). The topological polar surface area (TPSA) is 64.7 Å². The van der Waals surface area contributed by atoms with Crippen LogP contribution in [-0.4, -0.2) is 25.2 Å². The maximum Gasteiger partial charge on any atom is 0.255 e. The molecular formula is C24H23ClFN5O. The zero-order valence-corrected chi connectivity index (χ0v) is 18.8. The Kier molecular flexibility index (Phi) is 6.10. The zero-order valence-electron chi connectivity index (χ0n) is 18.0. The van der Waals surface area contributed by atoms with Crippen molar-refractivity contribution in [1.29, 1.82) is 0 Å². The molecule has 4 rings (SSSR count). The van der Waals surface area contributed by atoms with Crippen LogP contribution in [0.25, 0.3) is 11.4 Å². The SMILES string of the molecule is Cc1nccn1-c1ccc(CNC(=O)c2cnn(-c3ccc(Cl)cc3)c2C(C)C)cc1F. The molecule has 0 saturated carbocycles. The van der Waals surface area contributed by atoms with Crippen LogP contribution in [0, 0.1) is 12.7 Å². The lowest BCUT2D eigenvalue weighted by Crippen LogP contribution is -2.24. The van der Waals surface area contributed by atoms with Gasteiger partial charge in [-0.05, 0) is 54.8 Å². The van der Waals surface area contributed by atoms with Gasteiger partial charge in [-0.15, -0.1) is 0 Å². The minimum absolute atomic E-state index is 0.0593. The molecule has 0 aliphatic heterocycles. The van der Waals surface area contributed by atoms with Crippen molar-refractivity contribution < 1.29 is 9.18 Å². The number of aryl methyl sites for hydroxylation is 1. The molecule has 0 aliphatic carbocycles. The van der Waals surface area contributed by atoms with Crippen molar-refractivity contribution in [1.82, 2.24) is 24.6 Å². The molecule has 2 aromatic carbocycles. The van der Waals surface area contributed by atoms with Crippen molar-refractivity contribution in [3.8, 4) is 11.4 Å². The summed E-state index contributed by atoms with van der Waals surface area (Å²) in [6.45, 7) is 6.02. The number of halogens is 2. The average molecular weight is 452 g/mol. The van der Waals surface area contributed by atoms with Gasteiger partial charge in [-0.3, -0.25) is 4.79 Å². The van der Waals surface area contributed by atoms with Gasteiger partial charge in [-0.25, -0.2) is 14.1 Å². The number of amides is 1. The van der Waals surface area contributed by atoms with E-state index < -0.39 is 0 Å². The van der Waals surface area contributed by atoms with Crippen molar-refractivity contribution in [3.63, 3.8) is 0 Å². The lowest BCUT2D eigenvalue weighted by molar-refractivity contribution is 0.0949. The lowest BCUT2D eigenvalue weighted by atomic mass is 10.0. The largest absolute Gasteiger partial charge is 0.348 e. The molecular weight excluding hydrogens is 429 g/mol. The van der Waals surface area contributed by atoms with Crippen molar-refractivity contribution in [2.24, 2.45) is 0 Å². The second-order valence-corrected chi connectivity index (χ2v) is 8.24. The number of benzene rings is 2. The van der Waals surface area contributed by atoms with E-state index in [0.717, 1.165) is 11.4 Å². The fourth-order valence-corrected chi connectivity index (χ4v) is 3.77. The summed E-state index contributed by atoms with van der Waals surface area (Å²) in [4.78, 5) is 17.1. The van der Waals surface area contributed by atoms with Crippen molar-refractivity contribution >= 4 is 17.5 Å². The monoisotopic (exact) mass is 451 g/mol. The van der Waals surface area contributed by atoms with Crippen LogP contribution >= 0.6 is 11.6 Å². The summed E-state index contributed by atoms with van der Waals surface area (Å²) in [5, 5.41) is 7.93. The Morgan fingerprint density at radius 1 is 1.19 bits per heavy atom. The van der Waals surface area contributed by atoms with Crippen LogP contribution in [0.2, 0.25) is 5.02 Å². The minimum Gasteiger partial charge on any atom is -0.348 e. The van der Waals surface area contributed by atoms with Crippen molar-refractivity contribution in [2.75, 3.05) is 0 Å². The summed E-state index contributed by atoms with van der Waals surface area (Å²) in [5.74, 6) is 0.119. The molecule has 2 aromatic heterocycles. The summed E-state index contributed by atoms with van der Waals surface area (Å²) in [6.07, 6.45) is 4.89. The third-order valence-corrected chi connectivity index (χ3v) is 5.47. The highest BCUT2D eigenvalue weighted by molar-refractivity contribution is 6.30. The number of carbonyl (C=O) groups is 1. The van der Waals surface area contributed by atoms with Crippen LogP contribution in [0.3, 0.4) is 0 Å². The van der Waals surface area contributed by atoms with E-state index >= 15 is 0 Å². The van der Waals surface area contributed by atoms with Gasteiger partial charge in [0.15, 0.2) is 0 Å². The highest BCUT2D eigenvalue weighted by Gasteiger charge is 2.21. The van der Waals surface area contributed by atoms with E-state index in [9.17, 15) is 9.18 Å². The molecule has 32 heavy (non-hydrogen) atoms. The van der Waals surface area contributed by atoms with Gasteiger partial charge >= 0.3 is 0 Å². The summed E-state index contributed by atoms with van der Waals surface area (Å²) in [5.41, 5.74) is 3.18. The Bertz CT molecular complexity index is 1260. The maximum atomic E-state index is 14.6. The molecule has 0 spiro atoms. The van der Waals surface area contributed by atoms with Gasteiger partial charge in [-0.2, -0.15) is 5.10 Å². The Labute approximate surface area is 190 Å². The molecule has 0 radical (unpaired) electrons. The normalized spacial score (nSPS) is 11.2. The molecule has 0 saturated heterocycles. The van der Waals surface area contributed by atoms with E-state index in [-0.39, 0.29) is 24.2 Å². The first-order valence-corrected chi connectivity index (χ1v) is 10.6. The fraction of sp³-hybridized carbons (Fsp3) is 0.208. The molecule has 0 unspecified atom stereocenters. The Morgan fingerprint density at radius 3 is 2.56 bits per heavy atom. The maximum absolute atomic E-state index is 14.6. The smallest absolute Gasteiger partial charge is 0.255 e. The third-order valence-electron chi connectivity index (χ3n) is 5.22. The molecule has 6 nitrogen and oxygen atoms in total. The molecule has 0 atom stereocenters. The van der Waals surface area contributed by atoms with Crippen LogP contribution in [0.4, 0.5) is 4.39 Å². The van der Waals surface area contributed by atoms with Crippen LogP contribution < -0.4 is 5.32 Å². The molecule has 0 bridgehead atoms. The third kappa shape index (κ3) is 4.29. The van der Waals surface area contributed by atoms with Crippen LogP contribution in [0.1, 0.15) is 47.2 Å². The fourth-order valence-electron chi connectivity index (χ4n) is 3.64. The quantitative estimate of drug-likeness (QED) is 0.437. The first-order chi connectivity index (χ1) is 15.3. The molecule has 0 fully saturated rings. The van der Waals surface area contributed by atoms with E-state index in [0.29, 0.717) is 27.7 Å². The highest BCUT2D eigenvalue weighted by Crippen LogP contribution is 2.24. The molecule has 4 aromatic rings. The number of nitrogens with one attached hydrogen (secondary N) is 1. The number of hydrogen-bond donors (Lipinski definition) is 1. The lowest BCUT2D eigenvalue weighted by Gasteiger charge is -2.13. The van der Waals surface area contributed by atoms with E-state index in [2.05, 4.69) is 15.4 Å². The van der Waals surface area contributed by atoms with Crippen LogP contribution in [0.5, 0.6) is 0 Å². The number of imidazole rings is 1. The minimum atomic E-state index is -0.378. The molecule has 8 heteroatoms. The molecule has 164 valence electrons. The summed E-state index contributed by atoms with van der Waals surface area (Å²) in [6, 6.07) is 12.2. The summed E-state index contributed by atoms with van der Waals surface area (Å²) >= 11 is 5.99. The van der Waals surface area contributed by atoms with Gasteiger partial charge < -0.3 is 9.88 Å². The number of nitrogens with zero attached hydrogens (tertiary/aromatic N) is 4. The van der Waals surface area contributed by atoms with Crippen LogP contribution in [0.15, 0.2) is 61.1 Å². The second kappa shape index (κ2) is 8.96. The van der Waals surface area contributed by atoms with Crippen molar-refractivity contribution in [2.45, 2.75) is 33.2 Å². The van der Waals surface area contributed by atoms with Gasteiger partial charge in [0.1, 0.15) is 11.6 Å². The summed E-state index contributed by atoms with van der Waals surface area (Å²) in [7, 11) is 0. The Morgan fingerprint density at radius 2 is 1.94 bits per heavy atom. The van der Waals surface area contributed by atoms with Crippen LogP contribution in [-0.2, 0) is 6.54 Å². The predicted octanol–water partition coefficient (Wildman–Crippen LogP) is 5.21. The van der Waals surface area contributed by atoms with Gasteiger partial charge in [0, 0.05) is 24.0 Å². The number of hydrogen-bond acceptors (Lipinski definition) is 3. The predicted molar refractivity (Wildman–Crippen MR) is 122 cm³/mol. The van der Waals surface area contributed by atoms with Gasteiger partial charge in [0.2, 0.25) is 0 Å². The van der Waals surface area contributed by atoms with Gasteiger partial charge in [0.25, 0.3) is 5.91 Å². The van der Waals surface area contributed by atoms with E-state index in [1.54, 1.807) is 52.1 Å². The average Bonchev–Trinajstić information content (AvgIpc) is 3.39. The molecule has 0 aliphatic rings. The molecule has 2 heterocycles. The van der Waals surface area contributed by atoms with E-state index in [4.69, 9.17) is 11.6 Å². The Balaban J connectivity index is 1.53. The van der Waals surface area contributed by atoms with E-state index in [1.807, 2.05) is 32.9 Å². The first kappa shape index (κ1) is 21.8. The second-order valence-electron chi connectivity index (χ2n) is 7.80. The van der Waals surface area contributed by atoms with E-state index in [1.165, 1.54) is 6.07 Å². The number of carbonyl (C=O) groups excluding carboxylic acids is 1. The zero-order chi connectivity index (χ0) is 22.8. The highest BCUT2D eigenvalue weighted by atomic mass is 35.5. The summed E-state index contributed by atoms with van der Waals surface area (Å²) < 4.78 is 18.1. The number of aromatic nitrogens is 4. The first-order valence-electron chi connectivity index (χ1n) is 10.3. The molecule has 1 amide bonds. The Hall–Kier alpha value is -3.45. The molecule has 1 N–H and O–H groups in total. The van der Waals surface area contributed by atoms with Gasteiger partial charge in [-0.1, -0.05) is 31.5 Å². The van der Waals surface area contributed by atoms with Gasteiger partial charge in [0.05, 0.1) is 28.8 Å².